The molecule has 2 heterocycles. The van der Waals surface area contributed by atoms with E-state index in [1.54, 1.807) is 41.9 Å². The summed E-state index contributed by atoms with van der Waals surface area (Å²) in [5.74, 6) is -6.41. The number of ketones is 2. The Labute approximate surface area is 552 Å². The molecule has 7 amide bonds. The molecule has 2 saturated heterocycles. The van der Waals surface area contributed by atoms with Crippen molar-refractivity contribution in [3.8, 4) is 0 Å². The average Bonchev–Trinajstić information content (AvgIpc) is 1.68. The van der Waals surface area contributed by atoms with Gasteiger partial charge in [-0.2, -0.15) is 0 Å². The third-order valence-electron chi connectivity index (χ3n) is 17.4. The van der Waals surface area contributed by atoms with Crippen molar-refractivity contribution in [3.05, 3.63) is 144 Å². The summed E-state index contributed by atoms with van der Waals surface area (Å²) in [6.45, 7) is 9.50. The standard InChI is InChI=1S/C34H46N4O5.C34H45N3O6.2C3H6.H3N/c1-24(33(42)38-18-12-7-13-19-38)20-30(39)28(22-26-14-8-5-9-15-26)36(3)34(43)29(23-27-16-10-6-11-17-27)37(4)32(41)25(2)21-31(35)40;1-24(33(42)37-18-12-7-13-19-37)20-30(38)28(22-26-14-8-5-9-15-26)35(3)34(43)29(23-27-16-10-6-11-17-27)36(4)32(41)25(2)21-31(39)40;2*1-2-3-1;/h5-6,8-11,14-17,24-25,28-29H,7,12-13,18-23H2,1-4H3,(H2,35,40);5-6,8-11,14-17,24-25,28-29H,7,12-13,18-23H2,1-4H3,(H,39,40);2*1-3H2;1H3/t2*24-,25+,28+,29+;;;/m11.../s1. The van der Waals surface area contributed by atoms with E-state index in [-0.39, 0.29) is 86.8 Å². The van der Waals surface area contributed by atoms with Gasteiger partial charge in [0.25, 0.3) is 0 Å². The summed E-state index contributed by atoms with van der Waals surface area (Å²) in [5, 5.41) is 9.24. The maximum Gasteiger partial charge on any atom is 0.304 e. The maximum atomic E-state index is 14.3. The largest absolute Gasteiger partial charge is 0.481 e. The minimum absolute atomic E-state index is 0. The molecule has 508 valence electrons. The number of rotatable bonds is 28. The van der Waals surface area contributed by atoms with E-state index in [4.69, 9.17) is 5.73 Å². The van der Waals surface area contributed by atoms with E-state index in [0.717, 1.165) is 60.8 Å². The van der Waals surface area contributed by atoms with Gasteiger partial charge in [0.2, 0.25) is 41.4 Å². The highest BCUT2D eigenvalue weighted by atomic mass is 16.4. The highest BCUT2D eigenvalue weighted by molar-refractivity contribution is 5.97. The van der Waals surface area contributed by atoms with Crippen LogP contribution in [0, 0.1) is 23.7 Å². The number of primary amides is 1. The summed E-state index contributed by atoms with van der Waals surface area (Å²) >= 11 is 0. The Hall–Kier alpha value is -8.06. The number of carboxylic acids is 1. The molecule has 4 fully saturated rings. The second-order valence-corrected chi connectivity index (χ2v) is 25.7. The van der Waals surface area contributed by atoms with E-state index in [0.29, 0.717) is 26.2 Å². The summed E-state index contributed by atoms with van der Waals surface area (Å²) in [4.78, 5) is 141. The minimum atomic E-state index is -1.10. The van der Waals surface area contributed by atoms with E-state index < -0.39 is 77.4 Å². The van der Waals surface area contributed by atoms with Gasteiger partial charge in [-0.15, -0.1) is 0 Å². The molecule has 19 nitrogen and oxygen atoms in total. The number of nitrogens with zero attached hydrogens (tertiary/aromatic N) is 6. The molecule has 2 saturated carbocycles. The van der Waals surface area contributed by atoms with Gasteiger partial charge in [-0.05, 0) is 73.6 Å². The van der Waals surface area contributed by atoms with Gasteiger partial charge in [-0.1, -0.05) is 188 Å². The Kier molecular flexibility index (Phi) is 33.4. The molecule has 0 radical (unpaired) electrons. The Morgan fingerprint density at radius 2 is 0.613 bits per heavy atom. The maximum absolute atomic E-state index is 14.3. The normalized spacial score (nSPS) is 16.3. The molecule has 8 rings (SSSR count). The molecule has 8 atom stereocenters. The number of aliphatic carboxylic acids is 1. The van der Waals surface area contributed by atoms with Crippen molar-refractivity contribution in [1.82, 2.24) is 35.6 Å². The summed E-state index contributed by atoms with van der Waals surface area (Å²) in [6.07, 6.45) is 15.5. The summed E-state index contributed by atoms with van der Waals surface area (Å²) in [6, 6.07) is 33.9. The molecule has 19 heteroatoms. The molecule has 6 N–H and O–H groups in total. The predicted molar refractivity (Wildman–Crippen MR) is 362 cm³/mol. The van der Waals surface area contributed by atoms with Crippen LogP contribution >= 0.6 is 0 Å². The molecular formula is C74H106N8O11. The zero-order valence-corrected chi connectivity index (χ0v) is 56.6. The Morgan fingerprint density at radius 3 is 0.871 bits per heavy atom. The summed E-state index contributed by atoms with van der Waals surface area (Å²) in [7, 11) is 6.22. The van der Waals surface area contributed by atoms with Crippen LogP contribution in [-0.4, -0.2) is 172 Å². The zero-order valence-electron chi connectivity index (χ0n) is 56.6. The minimum Gasteiger partial charge on any atom is -0.481 e. The van der Waals surface area contributed by atoms with Crippen molar-refractivity contribution < 1.29 is 53.1 Å². The molecule has 4 aliphatic rings. The smallest absolute Gasteiger partial charge is 0.304 e. The lowest BCUT2D eigenvalue weighted by Crippen LogP contribution is -2.55. The SMILES string of the molecule is C1CC1.C1CC1.C[C@H](CC(=O)[C@H](Cc1ccccc1)N(C)C(=O)[C@H](Cc1ccccc1)N(C)C(=O)[C@@H](C)CC(=O)O)C(=O)N1CCCCC1.C[C@H](CC(=O)[C@H](Cc1ccccc1)N(C)C(=O)[C@H](Cc1ccccc1)N(C)C(=O)[C@@H](C)CC(N)=O)C(=O)N1CCCCC1.N. The van der Waals surface area contributed by atoms with Gasteiger partial charge in [-0.25, -0.2) is 0 Å². The fraction of sp³-hybridized carbons (Fsp3) is 0.541. The van der Waals surface area contributed by atoms with E-state index in [1.165, 1.54) is 72.1 Å². The van der Waals surface area contributed by atoms with Gasteiger partial charge in [0.05, 0.1) is 18.5 Å². The Balaban J connectivity index is 0.000000358. The second-order valence-electron chi connectivity index (χ2n) is 25.7. The molecule has 0 spiro atoms. The monoisotopic (exact) mass is 1280 g/mol. The summed E-state index contributed by atoms with van der Waals surface area (Å²) in [5.41, 5.74) is 8.77. The van der Waals surface area contributed by atoms with Crippen LogP contribution in [0.15, 0.2) is 121 Å². The molecule has 4 aromatic rings. The van der Waals surface area contributed by atoms with E-state index in [1.807, 2.05) is 131 Å². The molecular weight excluding hydrogens is 1180 g/mol. The van der Waals surface area contributed by atoms with Crippen molar-refractivity contribution in [2.75, 3.05) is 54.4 Å². The Morgan fingerprint density at radius 1 is 0.366 bits per heavy atom. The van der Waals surface area contributed by atoms with E-state index >= 15 is 0 Å². The number of amides is 7. The average molecular weight is 1280 g/mol. The number of likely N-dealkylation sites (tertiary alicyclic amines) is 2. The number of hydrogen-bond donors (Lipinski definition) is 3. The van der Waals surface area contributed by atoms with Crippen LogP contribution in [0.5, 0.6) is 0 Å². The van der Waals surface area contributed by atoms with Crippen LogP contribution in [0.25, 0.3) is 0 Å². The van der Waals surface area contributed by atoms with Gasteiger partial charge >= 0.3 is 5.97 Å². The third kappa shape index (κ3) is 26.5. The fourth-order valence-corrected chi connectivity index (χ4v) is 11.5. The lowest BCUT2D eigenvalue weighted by atomic mass is 9.92. The van der Waals surface area contributed by atoms with Gasteiger partial charge in [0, 0.05) is 110 Å². The quantitative estimate of drug-likeness (QED) is 0.0480. The first-order valence-corrected chi connectivity index (χ1v) is 33.3. The van der Waals surface area contributed by atoms with Crippen LogP contribution in [0.4, 0.5) is 0 Å². The van der Waals surface area contributed by atoms with Gasteiger partial charge in [0.15, 0.2) is 11.6 Å². The van der Waals surface area contributed by atoms with E-state index in [9.17, 15) is 53.1 Å². The number of piperidine rings is 2. The van der Waals surface area contributed by atoms with Crippen LogP contribution in [0.2, 0.25) is 0 Å². The van der Waals surface area contributed by atoms with Crippen LogP contribution in [-0.2, 0) is 73.6 Å². The van der Waals surface area contributed by atoms with Crippen molar-refractivity contribution in [3.63, 3.8) is 0 Å². The predicted octanol–water partition coefficient (Wildman–Crippen LogP) is 9.59. The van der Waals surface area contributed by atoms with Crippen molar-refractivity contribution in [2.45, 2.75) is 180 Å². The first-order valence-electron chi connectivity index (χ1n) is 33.3. The van der Waals surface area contributed by atoms with Crippen molar-refractivity contribution in [2.24, 2.45) is 29.4 Å². The number of nitrogens with two attached hydrogens (primary N) is 1. The highest BCUT2D eigenvalue weighted by Crippen LogP contribution is 2.25. The summed E-state index contributed by atoms with van der Waals surface area (Å²) < 4.78 is 0. The number of carboxylic acid groups (broad SMARTS) is 1. The number of carbonyl (C=O) groups is 10. The van der Waals surface area contributed by atoms with Gasteiger partial charge < -0.3 is 46.4 Å². The Bertz CT molecular complexity index is 2790. The first kappa shape index (κ1) is 77.4. The third-order valence-corrected chi connectivity index (χ3v) is 17.4. The van der Waals surface area contributed by atoms with Gasteiger partial charge in [0.1, 0.15) is 12.1 Å². The van der Waals surface area contributed by atoms with E-state index in [2.05, 4.69) is 0 Å². The fourth-order valence-electron chi connectivity index (χ4n) is 11.5. The number of benzene rings is 4. The number of likely N-dealkylation sites (N-methyl/N-ethyl adjacent to an activating group) is 4. The molecule has 0 bridgehead atoms. The van der Waals surface area contributed by atoms with Crippen LogP contribution < -0.4 is 11.9 Å². The van der Waals surface area contributed by atoms with Crippen LogP contribution in [0.1, 0.15) is 153 Å². The van der Waals surface area contributed by atoms with Gasteiger partial charge in [-0.3, -0.25) is 47.9 Å². The molecule has 0 unspecified atom stereocenters. The highest BCUT2D eigenvalue weighted by Gasteiger charge is 2.40. The van der Waals surface area contributed by atoms with Crippen molar-refractivity contribution >= 4 is 58.9 Å². The molecule has 2 aliphatic heterocycles. The van der Waals surface area contributed by atoms with Crippen molar-refractivity contribution in [1.29, 1.82) is 0 Å². The molecule has 0 aromatic heterocycles. The number of Topliss-reactive ketones (excluding diaryl/α,β-unsaturated/α-hetero) is 2. The van der Waals surface area contributed by atoms with Crippen LogP contribution in [0.3, 0.4) is 0 Å². The molecule has 4 aromatic carbocycles. The number of hydrogen-bond acceptors (Lipinski definition) is 11. The lowest BCUT2D eigenvalue weighted by molar-refractivity contribution is -0.150. The molecule has 93 heavy (non-hydrogen) atoms. The zero-order chi connectivity index (χ0) is 67.3. The topological polar surface area (TPSA) is 271 Å². The molecule has 2 aliphatic carbocycles. The second kappa shape index (κ2) is 40.1. The number of carbonyl (C=O) groups excluding carboxylic acids is 9. The lowest BCUT2D eigenvalue weighted by Gasteiger charge is -2.36. The first-order chi connectivity index (χ1) is 44.0.